The van der Waals surface area contributed by atoms with E-state index in [9.17, 15) is 22.4 Å². The van der Waals surface area contributed by atoms with Crippen molar-refractivity contribution in [3.05, 3.63) is 34.6 Å². The molecular formula is C13H15ClFNO5S. The maximum absolute atomic E-state index is 13.6. The molecule has 1 aromatic carbocycles. The molecule has 1 atom stereocenters. The van der Waals surface area contributed by atoms with E-state index in [1.807, 2.05) is 0 Å². The number of carboxylic acid groups (broad SMARTS) is 1. The Labute approximate surface area is 132 Å². The van der Waals surface area contributed by atoms with Crippen LogP contribution < -0.4 is 5.32 Å². The molecule has 0 fully saturated rings. The predicted molar refractivity (Wildman–Crippen MR) is 79.2 cm³/mol. The van der Waals surface area contributed by atoms with Gasteiger partial charge in [0.15, 0.2) is 0 Å². The highest BCUT2D eigenvalue weighted by atomic mass is 35.5. The van der Waals surface area contributed by atoms with Gasteiger partial charge in [0.05, 0.1) is 16.3 Å². The summed E-state index contributed by atoms with van der Waals surface area (Å²) in [4.78, 5) is 23.1. The predicted octanol–water partition coefficient (Wildman–Crippen LogP) is 1.49. The smallest absolute Gasteiger partial charge is 0.326 e. The first-order chi connectivity index (χ1) is 10.2. The maximum Gasteiger partial charge on any atom is 0.326 e. The van der Waals surface area contributed by atoms with Crippen LogP contribution in [-0.2, 0) is 14.6 Å². The van der Waals surface area contributed by atoms with Gasteiger partial charge in [-0.2, -0.15) is 0 Å². The number of halogens is 2. The minimum absolute atomic E-state index is 0.133. The van der Waals surface area contributed by atoms with E-state index in [0.29, 0.717) is 0 Å². The van der Waals surface area contributed by atoms with E-state index in [1.165, 1.54) is 19.1 Å². The molecule has 1 aromatic rings. The second-order valence-corrected chi connectivity index (χ2v) is 7.37. The summed E-state index contributed by atoms with van der Waals surface area (Å²) in [5.74, 6) is -3.84. The molecule has 1 amide bonds. The zero-order chi connectivity index (χ0) is 16.9. The molecule has 1 rings (SSSR count). The third-order valence-corrected chi connectivity index (χ3v) is 5.00. The molecule has 0 radical (unpaired) electrons. The summed E-state index contributed by atoms with van der Waals surface area (Å²) in [5, 5.41) is 11.0. The summed E-state index contributed by atoms with van der Waals surface area (Å²) in [6.07, 6.45) is -0.316. The van der Waals surface area contributed by atoms with Gasteiger partial charge in [0.2, 0.25) is 0 Å². The molecule has 0 saturated heterocycles. The average molecular weight is 352 g/mol. The van der Waals surface area contributed by atoms with Crippen LogP contribution in [0.1, 0.15) is 23.7 Å². The highest BCUT2D eigenvalue weighted by molar-refractivity contribution is 7.91. The third-order valence-electron chi connectivity index (χ3n) is 2.95. The number of hydrogen-bond acceptors (Lipinski definition) is 4. The minimum Gasteiger partial charge on any atom is -0.480 e. The van der Waals surface area contributed by atoms with Crippen molar-refractivity contribution in [2.75, 3.05) is 11.5 Å². The second-order valence-electron chi connectivity index (χ2n) is 4.49. The summed E-state index contributed by atoms with van der Waals surface area (Å²) in [6, 6.07) is 2.15. The fourth-order valence-electron chi connectivity index (χ4n) is 1.64. The highest BCUT2D eigenvalue weighted by Gasteiger charge is 2.25. The van der Waals surface area contributed by atoms with Crippen LogP contribution >= 0.6 is 11.6 Å². The van der Waals surface area contributed by atoms with Crippen LogP contribution in [-0.4, -0.2) is 42.9 Å². The number of benzene rings is 1. The van der Waals surface area contributed by atoms with E-state index in [-0.39, 0.29) is 17.2 Å². The van der Waals surface area contributed by atoms with Crippen LogP contribution in [0.4, 0.5) is 4.39 Å². The van der Waals surface area contributed by atoms with Gasteiger partial charge in [-0.3, -0.25) is 4.79 Å². The fraction of sp³-hybridized carbons (Fsp3) is 0.385. The summed E-state index contributed by atoms with van der Waals surface area (Å²) in [7, 11) is -3.38. The lowest BCUT2D eigenvalue weighted by molar-refractivity contribution is -0.139. The van der Waals surface area contributed by atoms with Gasteiger partial charge in [0.1, 0.15) is 21.7 Å². The van der Waals surface area contributed by atoms with Crippen LogP contribution in [0.25, 0.3) is 0 Å². The monoisotopic (exact) mass is 351 g/mol. The summed E-state index contributed by atoms with van der Waals surface area (Å²) in [6.45, 7) is 1.43. The summed E-state index contributed by atoms with van der Waals surface area (Å²) < 4.78 is 36.4. The first-order valence-electron chi connectivity index (χ1n) is 6.36. The van der Waals surface area contributed by atoms with Gasteiger partial charge < -0.3 is 10.4 Å². The number of sulfone groups is 1. The van der Waals surface area contributed by atoms with Gasteiger partial charge in [-0.1, -0.05) is 24.6 Å². The van der Waals surface area contributed by atoms with Crippen molar-refractivity contribution >= 4 is 33.3 Å². The molecule has 0 aliphatic heterocycles. The van der Waals surface area contributed by atoms with E-state index in [4.69, 9.17) is 16.7 Å². The molecule has 0 aliphatic carbocycles. The first-order valence-corrected chi connectivity index (χ1v) is 8.56. The Morgan fingerprint density at radius 2 is 2.05 bits per heavy atom. The standard InChI is InChI=1S/C13H15ClFNO5S/c1-2-22(20,21)7-6-10(13(18)19)16-12(17)11-8(14)4-3-5-9(11)15/h3-5,10H,2,6-7H2,1H3,(H,16,17)(H,18,19). The van der Waals surface area contributed by atoms with Crippen LogP contribution in [0.5, 0.6) is 0 Å². The first kappa shape index (κ1) is 18.4. The SMILES string of the molecule is CCS(=O)(=O)CCC(NC(=O)c1c(F)cccc1Cl)C(=O)O. The zero-order valence-electron chi connectivity index (χ0n) is 11.7. The molecule has 0 bridgehead atoms. The molecule has 0 aromatic heterocycles. The quantitative estimate of drug-likeness (QED) is 0.775. The molecule has 1 unspecified atom stereocenters. The van der Waals surface area contributed by atoms with Gasteiger partial charge in [-0.15, -0.1) is 0 Å². The molecule has 0 saturated carbocycles. The molecule has 0 heterocycles. The number of carbonyl (C=O) groups is 2. The van der Waals surface area contributed by atoms with Crippen LogP contribution in [0.3, 0.4) is 0 Å². The highest BCUT2D eigenvalue weighted by Crippen LogP contribution is 2.19. The Morgan fingerprint density at radius 1 is 1.41 bits per heavy atom. The average Bonchev–Trinajstić information content (AvgIpc) is 2.43. The van der Waals surface area contributed by atoms with Gasteiger partial charge in [0, 0.05) is 5.75 Å². The largest absolute Gasteiger partial charge is 0.480 e. The third kappa shape index (κ3) is 4.96. The van der Waals surface area contributed by atoms with E-state index >= 15 is 0 Å². The van der Waals surface area contributed by atoms with E-state index in [1.54, 1.807) is 0 Å². The Hall–Kier alpha value is -1.67. The number of carboxylic acids is 1. The van der Waals surface area contributed by atoms with Gasteiger partial charge >= 0.3 is 5.97 Å². The summed E-state index contributed by atoms with van der Waals surface area (Å²) in [5.41, 5.74) is -0.478. The van der Waals surface area contributed by atoms with Crippen molar-refractivity contribution in [2.45, 2.75) is 19.4 Å². The number of hydrogen-bond donors (Lipinski definition) is 2. The number of rotatable bonds is 7. The van der Waals surface area contributed by atoms with E-state index in [0.717, 1.165) is 6.07 Å². The lowest BCUT2D eigenvalue weighted by Crippen LogP contribution is -2.42. The minimum atomic E-state index is -3.38. The second kappa shape index (κ2) is 7.55. The fourth-order valence-corrected chi connectivity index (χ4v) is 2.78. The molecular weight excluding hydrogens is 337 g/mol. The molecule has 22 heavy (non-hydrogen) atoms. The Morgan fingerprint density at radius 3 is 2.55 bits per heavy atom. The van der Waals surface area contributed by atoms with E-state index in [2.05, 4.69) is 5.32 Å². The molecule has 6 nitrogen and oxygen atoms in total. The van der Waals surface area contributed by atoms with Crippen molar-refractivity contribution in [2.24, 2.45) is 0 Å². The zero-order valence-corrected chi connectivity index (χ0v) is 13.2. The van der Waals surface area contributed by atoms with Crippen LogP contribution in [0.15, 0.2) is 18.2 Å². The number of nitrogens with one attached hydrogen (secondary N) is 1. The van der Waals surface area contributed by atoms with Gasteiger partial charge in [-0.05, 0) is 18.6 Å². The van der Waals surface area contributed by atoms with Crippen molar-refractivity contribution in [3.63, 3.8) is 0 Å². The topological polar surface area (TPSA) is 101 Å². The van der Waals surface area contributed by atoms with Crippen LogP contribution in [0.2, 0.25) is 5.02 Å². The number of aliphatic carboxylic acids is 1. The molecule has 0 aliphatic rings. The van der Waals surface area contributed by atoms with Crippen molar-refractivity contribution in [1.82, 2.24) is 5.32 Å². The molecule has 122 valence electrons. The van der Waals surface area contributed by atoms with Crippen molar-refractivity contribution in [3.8, 4) is 0 Å². The normalized spacial score (nSPS) is 12.7. The van der Waals surface area contributed by atoms with Gasteiger partial charge in [0.25, 0.3) is 5.91 Å². The molecule has 0 spiro atoms. The summed E-state index contributed by atoms with van der Waals surface area (Å²) >= 11 is 5.72. The lowest BCUT2D eigenvalue weighted by Gasteiger charge is -2.15. The van der Waals surface area contributed by atoms with Crippen molar-refractivity contribution in [1.29, 1.82) is 0 Å². The van der Waals surface area contributed by atoms with Crippen LogP contribution in [0, 0.1) is 5.82 Å². The molecule has 9 heteroatoms. The molecule has 2 N–H and O–H groups in total. The lowest BCUT2D eigenvalue weighted by atomic mass is 10.1. The Kier molecular flexibility index (Phi) is 6.31. The number of carbonyl (C=O) groups excluding carboxylic acids is 1. The number of amides is 1. The van der Waals surface area contributed by atoms with Gasteiger partial charge in [-0.25, -0.2) is 17.6 Å². The van der Waals surface area contributed by atoms with E-state index < -0.39 is 44.9 Å². The van der Waals surface area contributed by atoms with Crippen molar-refractivity contribution < 1.29 is 27.5 Å². The maximum atomic E-state index is 13.6. The Bertz CT molecular complexity index is 657. The Balaban J connectivity index is 2.88.